The number of hydrogen-bond donors (Lipinski definition) is 2. The first-order chi connectivity index (χ1) is 15.1. The van der Waals surface area contributed by atoms with Crippen molar-refractivity contribution in [2.75, 3.05) is 39.3 Å². The van der Waals surface area contributed by atoms with Crippen molar-refractivity contribution in [1.29, 1.82) is 0 Å². The number of aromatic amines is 1. The summed E-state index contributed by atoms with van der Waals surface area (Å²) in [6, 6.07) is 16.0. The maximum absolute atomic E-state index is 13.0. The van der Waals surface area contributed by atoms with Gasteiger partial charge in [-0.05, 0) is 36.7 Å². The normalized spacial score (nSPS) is 17.1. The number of nitrogens with one attached hydrogen (secondary N) is 2. The van der Waals surface area contributed by atoms with Gasteiger partial charge in [0.15, 0.2) is 0 Å². The highest BCUT2D eigenvalue weighted by Gasteiger charge is 2.26. The number of hydrogen-bond acceptors (Lipinski definition) is 3. The predicted molar refractivity (Wildman–Crippen MR) is 128 cm³/mol. The van der Waals surface area contributed by atoms with Crippen molar-refractivity contribution in [3.05, 3.63) is 70.9 Å². The van der Waals surface area contributed by atoms with Crippen LogP contribution in [0.15, 0.2) is 54.7 Å². The Bertz CT molecular complexity index is 1030. The van der Waals surface area contributed by atoms with Gasteiger partial charge in [-0.3, -0.25) is 4.79 Å². The van der Waals surface area contributed by atoms with E-state index in [0.29, 0.717) is 6.54 Å². The molecule has 2 aromatic carbocycles. The Morgan fingerprint density at radius 2 is 1.77 bits per heavy atom. The van der Waals surface area contributed by atoms with Crippen LogP contribution in [0.2, 0.25) is 5.02 Å². The second-order valence-electron chi connectivity index (χ2n) is 8.25. The highest BCUT2D eigenvalue weighted by atomic mass is 35.5. The minimum atomic E-state index is -0.247. The number of fused-ring (bicyclic) bond motifs is 1. The van der Waals surface area contributed by atoms with Gasteiger partial charge in [0.05, 0.1) is 6.04 Å². The van der Waals surface area contributed by atoms with E-state index in [2.05, 4.69) is 52.6 Å². The molecular weight excluding hydrogens is 408 g/mol. The molecular formula is C25H31ClN4O. The van der Waals surface area contributed by atoms with Gasteiger partial charge in [-0.1, -0.05) is 54.9 Å². The molecule has 2 N–H and O–H groups in total. The van der Waals surface area contributed by atoms with Crippen molar-refractivity contribution < 1.29 is 4.79 Å². The monoisotopic (exact) mass is 438 g/mol. The van der Waals surface area contributed by atoms with E-state index in [9.17, 15) is 4.79 Å². The molecule has 0 saturated carbocycles. The molecule has 164 valence electrons. The first kappa shape index (κ1) is 21.9. The van der Waals surface area contributed by atoms with Crippen LogP contribution < -0.4 is 5.32 Å². The standard InChI is InChI=1S/C25H31ClN4O/c1-3-29-12-14-30(15-13-29)25(31)18(2)27-16-21(19-8-4-6-10-23(19)26)22-17-28-24-11-7-5-9-20(22)24/h4-11,17-18,21,27-28H,3,12-16H2,1-2H3/t18-,21+/m0/s1. The van der Waals surface area contributed by atoms with Crippen LogP contribution in [-0.4, -0.2) is 66.0 Å². The fraction of sp³-hybridized carbons (Fsp3) is 0.400. The van der Waals surface area contributed by atoms with Crippen LogP contribution in [0.25, 0.3) is 10.9 Å². The third-order valence-corrected chi connectivity index (χ3v) is 6.75. The van der Waals surface area contributed by atoms with Gasteiger partial charge in [0, 0.05) is 60.8 Å². The lowest BCUT2D eigenvalue weighted by Crippen LogP contribution is -2.53. The SMILES string of the molecule is CCN1CCN(C(=O)[C@H](C)NC[C@H](c2ccccc2Cl)c2c[nH]c3ccccc23)CC1. The number of carbonyl (C=O) groups excluding carboxylic acids is 1. The summed E-state index contributed by atoms with van der Waals surface area (Å²) >= 11 is 6.60. The lowest BCUT2D eigenvalue weighted by molar-refractivity contribution is -0.134. The van der Waals surface area contributed by atoms with Crippen LogP contribution in [0.1, 0.15) is 30.9 Å². The van der Waals surface area contributed by atoms with E-state index in [-0.39, 0.29) is 17.9 Å². The van der Waals surface area contributed by atoms with Crippen LogP contribution in [0.4, 0.5) is 0 Å². The van der Waals surface area contributed by atoms with Crippen molar-refractivity contribution in [3.63, 3.8) is 0 Å². The van der Waals surface area contributed by atoms with Crippen LogP contribution in [-0.2, 0) is 4.79 Å². The molecule has 3 aromatic rings. The Kier molecular flexibility index (Phi) is 6.96. The fourth-order valence-electron chi connectivity index (χ4n) is 4.47. The highest BCUT2D eigenvalue weighted by molar-refractivity contribution is 6.31. The number of para-hydroxylation sites is 1. The summed E-state index contributed by atoms with van der Waals surface area (Å²) in [5.74, 6) is 0.213. The molecule has 1 fully saturated rings. The van der Waals surface area contributed by atoms with E-state index in [0.717, 1.165) is 48.8 Å². The number of amides is 1. The number of carbonyl (C=O) groups is 1. The van der Waals surface area contributed by atoms with Gasteiger partial charge >= 0.3 is 0 Å². The van der Waals surface area contributed by atoms with Crippen molar-refractivity contribution in [2.45, 2.75) is 25.8 Å². The molecule has 1 aliphatic rings. The number of likely N-dealkylation sites (N-methyl/N-ethyl adjacent to an activating group) is 1. The molecule has 0 radical (unpaired) electrons. The summed E-state index contributed by atoms with van der Waals surface area (Å²) in [6.07, 6.45) is 2.07. The number of H-pyrrole nitrogens is 1. The van der Waals surface area contributed by atoms with Crippen LogP contribution in [0, 0.1) is 0 Å². The molecule has 0 spiro atoms. The number of piperazine rings is 1. The molecule has 1 aliphatic heterocycles. The first-order valence-corrected chi connectivity index (χ1v) is 11.5. The second kappa shape index (κ2) is 9.86. The minimum absolute atomic E-state index is 0.0389. The van der Waals surface area contributed by atoms with Crippen molar-refractivity contribution in [2.24, 2.45) is 0 Å². The van der Waals surface area contributed by atoms with Crippen LogP contribution in [0.3, 0.4) is 0 Å². The molecule has 4 rings (SSSR count). The van der Waals surface area contributed by atoms with Gasteiger partial charge in [0.25, 0.3) is 0 Å². The van der Waals surface area contributed by atoms with Crippen molar-refractivity contribution in [1.82, 2.24) is 20.1 Å². The third kappa shape index (κ3) is 4.79. The number of nitrogens with zero attached hydrogens (tertiary/aromatic N) is 2. The highest BCUT2D eigenvalue weighted by Crippen LogP contribution is 2.34. The second-order valence-corrected chi connectivity index (χ2v) is 8.66. The summed E-state index contributed by atoms with van der Waals surface area (Å²) in [4.78, 5) is 20.8. The summed E-state index contributed by atoms with van der Waals surface area (Å²) in [7, 11) is 0. The quantitative estimate of drug-likeness (QED) is 0.584. The molecule has 2 heterocycles. The molecule has 6 heteroatoms. The summed E-state index contributed by atoms with van der Waals surface area (Å²) < 4.78 is 0. The minimum Gasteiger partial charge on any atom is -0.361 e. The zero-order chi connectivity index (χ0) is 21.8. The van der Waals surface area contributed by atoms with Gasteiger partial charge < -0.3 is 20.1 Å². The van der Waals surface area contributed by atoms with Crippen LogP contribution in [0.5, 0.6) is 0 Å². The van der Waals surface area contributed by atoms with Crippen molar-refractivity contribution >= 4 is 28.4 Å². The third-order valence-electron chi connectivity index (χ3n) is 6.41. The van der Waals surface area contributed by atoms with E-state index >= 15 is 0 Å². The number of halogens is 1. The van der Waals surface area contributed by atoms with E-state index in [1.54, 1.807) is 0 Å². The Morgan fingerprint density at radius 1 is 1.06 bits per heavy atom. The van der Waals surface area contributed by atoms with Crippen LogP contribution >= 0.6 is 11.6 Å². The molecule has 5 nitrogen and oxygen atoms in total. The zero-order valence-electron chi connectivity index (χ0n) is 18.3. The molecule has 31 heavy (non-hydrogen) atoms. The van der Waals surface area contributed by atoms with Gasteiger partial charge in [-0.15, -0.1) is 0 Å². The maximum Gasteiger partial charge on any atom is 0.239 e. The Morgan fingerprint density at radius 3 is 2.52 bits per heavy atom. The lowest BCUT2D eigenvalue weighted by Gasteiger charge is -2.35. The molecule has 0 aliphatic carbocycles. The topological polar surface area (TPSA) is 51.4 Å². The zero-order valence-corrected chi connectivity index (χ0v) is 19.0. The molecule has 0 bridgehead atoms. The number of aromatic nitrogens is 1. The maximum atomic E-state index is 13.0. The Balaban J connectivity index is 1.52. The average molecular weight is 439 g/mol. The first-order valence-electron chi connectivity index (χ1n) is 11.1. The fourth-order valence-corrected chi connectivity index (χ4v) is 4.74. The van der Waals surface area contributed by atoms with Gasteiger partial charge in [0.1, 0.15) is 0 Å². The van der Waals surface area contributed by atoms with Gasteiger partial charge in [-0.2, -0.15) is 0 Å². The Hall–Kier alpha value is -2.34. The van der Waals surface area contributed by atoms with E-state index in [1.165, 1.54) is 10.9 Å². The van der Waals surface area contributed by atoms with Gasteiger partial charge in [0.2, 0.25) is 5.91 Å². The molecule has 1 saturated heterocycles. The lowest BCUT2D eigenvalue weighted by atomic mass is 9.90. The largest absolute Gasteiger partial charge is 0.361 e. The van der Waals surface area contributed by atoms with E-state index in [4.69, 9.17) is 11.6 Å². The Labute approximate surface area is 189 Å². The smallest absolute Gasteiger partial charge is 0.239 e. The molecule has 2 atom stereocenters. The average Bonchev–Trinajstić information content (AvgIpc) is 3.24. The van der Waals surface area contributed by atoms with Crippen molar-refractivity contribution in [3.8, 4) is 0 Å². The molecule has 1 aromatic heterocycles. The summed E-state index contributed by atoms with van der Waals surface area (Å²) in [6.45, 7) is 9.31. The van der Waals surface area contributed by atoms with E-state index < -0.39 is 0 Å². The number of benzene rings is 2. The molecule has 1 amide bonds. The summed E-state index contributed by atoms with van der Waals surface area (Å²) in [5.41, 5.74) is 3.36. The summed E-state index contributed by atoms with van der Waals surface area (Å²) in [5, 5.41) is 5.44. The molecule has 0 unspecified atom stereocenters. The van der Waals surface area contributed by atoms with E-state index in [1.807, 2.05) is 36.1 Å². The predicted octanol–water partition coefficient (Wildman–Crippen LogP) is 4.10. The number of rotatable bonds is 7. The van der Waals surface area contributed by atoms with Gasteiger partial charge in [-0.25, -0.2) is 0 Å².